The van der Waals surface area contributed by atoms with Gasteiger partial charge in [0.15, 0.2) is 0 Å². The second-order valence-corrected chi connectivity index (χ2v) is 8.98. The molecule has 3 rings (SSSR count). The molecule has 0 amide bonds. The Morgan fingerprint density at radius 1 is 1.17 bits per heavy atom. The number of pyridine rings is 1. The lowest BCUT2D eigenvalue weighted by molar-refractivity contribution is -0.141. The average molecular weight is 440 g/mol. The average Bonchev–Trinajstić information content (AvgIpc) is 3.16. The summed E-state index contributed by atoms with van der Waals surface area (Å²) in [5.74, 6) is 0.811. The molecule has 0 aliphatic carbocycles. The Balaban J connectivity index is 1.74. The number of hydrogen-bond acceptors (Lipinski definition) is 5. The number of halogens is 3. The number of ether oxygens (including phenoxy) is 1. The normalized spacial score (nSPS) is 14.0. The van der Waals surface area contributed by atoms with Gasteiger partial charge in [0.2, 0.25) is 5.13 Å². The molecule has 2 aromatic heterocycles. The van der Waals surface area contributed by atoms with Crippen molar-refractivity contribution in [3.05, 3.63) is 59.2 Å². The van der Waals surface area contributed by atoms with Crippen LogP contribution in [0, 0.1) is 0 Å². The number of thiazole rings is 1. The maximum absolute atomic E-state index is 12.7. The summed E-state index contributed by atoms with van der Waals surface area (Å²) in [6.07, 6.45) is -1.21. The van der Waals surface area contributed by atoms with E-state index in [0.717, 1.165) is 28.6 Å². The van der Waals surface area contributed by atoms with Crippen LogP contribution in [0.3, 0.4) is 0 Å². The molecule has 0 N–H and O–H groups in total. The second-order valence-electron chi connectivity index (χ2n) is 6.20. The number of rotatable bonds is 6. The fourth-order valence-corrected chi connectivity index (χ4v) is 4.60. The largest absolute Gasteiger partial charge is 0.494 e. The van der Waals surface area contributed by atoms with Crippen molar-refractivity contribution in [3.63, 3.8) is 0 Å². The minimum absolute atomic E-state index is 0.0670. The molecule has 154 valence electrons. The van der Waals surface area contributed by atoms with Crippen molar-refractivity contribution < 1.29 is 17.9 Å². The molecular weight excluding hydrogens is 419 g/mol. The van der Waals surface area contributed by atoms with Gasteiger partial charge in [-0.3, -0.25) is 4.98 Å². The summed E-state index contributed by atoms with van der Waals surface area (Å²) in [5.41, 5.74) is 1.64. The summed E-state index contributed by atoms with van der Waals surface area (Å²) in [5, 5.41) is 2.52. The van der Waals surface area contributed by atoms with E-state index in [2.05, 4.69) is 14.3 Å². The second kappa shape index (κ2) is 9.04. The molecule has 2 atom stereocenters. The molecule has 0 bridgehead atoms. The van der Waals surface area contributed by atoms with Gasteiger partial charge in [0.05, 0.1) is 12.3 Å². The third-order valence-corrected chi connectivity index (χ3v) is 6.84. The third-order valence-electron chi connectivity index (χ3n) is 4.23. The molecule has 0 aliphatic heterocycles. The molecule has 0 radical (unpaired) electrons. The molecule has 4 nitrogen and oxygen atoms in total. The van der Waals surface area contributed by atoms with Gasteiger partial charge in [-0.05, 0) is 56.0 Å². The van der Waals surface area contributed by atoms with E-state index in [0.29, 0.717) is 11.7 Å². The predicted molar refractivity (Wildman–Crippen MR) is 112 cm³/mol. The van der Waals surface area contributed by atoms with Crippen LogP contribution in [0.4, 0.5) is 18.3 Å². The Bertz CT molecular complexity index is 983. The molecule has 3 aromatic rings. The molecule has 1 aromatic carbocycles. The first-order valence-electron chi connectivity index (χ1n) is 8.86. The summed E-state index contributed by atoms with van der Waals surface area (Å²) in [4.78, 5) is 8.11. The Hall–Kier alpha value is -2.26. The topological polar surface area (TPSA) is 47.4 Å². The molecule has 0 aliphatic rings. The minimum atomic E-state index is -4.43. The number of alkyl halides is 3. The van der Waals surface area contributed by atoms with Gasteiger partial charge in [-0.2, -0.15) is 17.5 Å². The van der Waals surface area contributed by atoms with E-state index in [1.54, 1.807) is 0 Å². The van der Waals surface area contributed by atoms with Crippen LogP contribution in [0.5, 0.6) is 5.75 Å². The first-order valence-corrected chi connectivity index (χ1v) is 11.4. The van der Waals surface area contributed by atoms with Crippen LogP contribution in [0.15, 0.2) is 52.3 Å². The van der Waals surface area contributed by atoms with Gasteiger partial charge in [-0.15, -0.1) is 11.3 Å². The van der Waals surface area contributed by atoms with Crippen molar-refractivity contribution in [3.8, 4) is 17.0 Å². The third kappa shape index (κ3) is 5.42. The molecule has 2 unspecified atom stereocenters. The van der Waals surface area contributed by atoms with Crippen LogP contribution in [0.25, 0.3) is 11.3 Å². The van der Waals surface area contributed by atoms with Crippen molar-refractivity contribution in [2.75, 3.05) is 12.9 Å². The van der Waals surface area contributed by atoms with E-state index >= 15 is 0 Å². The van der Waals surface area contributed by atoms with Crippen molar-refractivity contribution >= 4 is 27.2 Å². The van der Waals surface area contributed by atoms with Gasteiger partial charge in [0.1, 0.15) is 11.4 Å². The van der Waals surface area contributed by atoms with Crippen LogP contribution >= 0.6 is 11.3 Å². The summed E-state index contributed by atoms with van der Waals surface area (Å²) < 4.78 is 48.1. The van der Waals surface area contributed by atoms with Crippen molar-refractivity contribution in [2.24, 2.45) is 4.36 Å². The van der Waals surface area contributed by atoms with Crippen LogP contribution in [-0.4, -0.2) is 22.8 Å². The first-order chi connectivity index (χ1) is 13.8. The standard InChI is InChI=1S/C20H20F3N3OS2/c1-4-27-16-8-5-14(6-9-16)17-12-28-19(25-17)26-29(3)13(2)15-7-10-18(24-11-15)20(21,22)23/h5-13H,4H2,1-3H3. The van der Waals surface area contributed by atoms with Crippen molar-refractivity contribution in [1.82, 2.24) is 9.97 Å². The summed E-state index contributed by atoms with van der Waals surface area (Å²) >= 11 is 1.44. The molecular formula is C20H20F3N3OS2. The molecule has 0 saturated carbocycles. The van der Waals surface area contributed by atoms with E-state index in [9.17, 15) is 13.2 Å². The predicted octanol–water partition coefficient (Wildman–Crippen LogP) is 6.45. The Kier molecular flexibility index (Phi) is 6.69. The van der Waals surface area contributed by atoms with Crippen LogP contribution in [0.1, 0.15) is 30.4 Å². The van der Waals surface area contributed by atoms with Gasteiger partial charge < -0.3 is 4.74 Å². The zero-order valence-electron chi connectivity index (χ0n) is 16.1. The number of aromatic nitrogens is 2. The van der Waals surface area contributed by atoms with E-state index in [1.807, 2.05) is 49.7 Å². The SMILES string of the molecule is CCOc1ccc(-c2csc(/N=S(\C)C(C)c3ccc(C(F)(F)F)nc3)n2)cc1. The number of hydrogen-bond donors (Lipinski definition) is 0. The summed E-state index contributed by atoms with van der Waals surface area (Å²) in [6, 6.07) is 10.2. The van der Waals surface area contributed by atoms with Crippen molar-refractivity contribution in [1.29, 1.82) is 0 Å². The number of benzene rings is 1. The molecule has 0 spiro atoms. The van der Waals surface area contributed by atoms with E-state index < -0.39 is 22.6 Å². The highest BCUT2D eigenvalue weighted by Crippen LogP contribution is 2.31. The minimum Gasteiger partial charge on any atom is -0.494 e. The lowest BCUT2D eigenvalue weighted by Gasteiger charge is -2.13. The quantitative estimate of drug-likeness (QED) is 0.444. The van der Waals surface area contributed by atoms with Gasteiger partial charge >= 0.3 is 6.18 Å². The molecule has 29 heavy (non-hydrogen) atoms. The zero-order valence-corrected chi connectivity index (χ0v) is 17.7. The molecule has 0 fully saturated rings. The fourth-order valence-electron chi connectivity index (χ4n) is 2.54. The molecule has 9 heteroatoms. The van der Waals surface area contributed by atoms with Gasteiger partial charge in [-0.1, -0.05) is 16.8 Å². The maximum Gasteiger partial charge on any atom is 0.433 e. The van der Waals surface area contributed by atoms with Gasteiger partial charge in [-0.25, -0.2) is 4.98 Å². The highest BCUT2D eigenvalue weighted by atomic mass is 32.2. The highest BCUT2D eigenvalue weighted by molar-refractivity contribution is 7.87. The highest BCUT2D eigenvalue weighted by Gasteiger charge is 2.32. The van der Waals surface area contributed by atoms with Crippen LogP contribution < -0.4 is 4.74 Å². The monoisotopic (exact) mass is 439 g/mol. The number of nitrogens with zero attached hydrogens (tertiary/aromatic N) is 3. The van der Waals surface area contributed by atoms with E-state index in [4.69, 9.17) is 4.74 Å². The Morgan fingerprint density at radius 3 is 2.48 bits per heavy atom. The van der Waals surface area contributed by atoms with Crippen molar-refractivity contribution in [2.45, 2.75) is 25.3 Å². The van der Waals surface area contributed by atoms with Crippen LogP contribution in [-0.2, 0) is 16.9 Å². The van der Waals surface area contributed by atoms with Gasteiger partial charge in [0.25, 0.3) is 0 Å². The first kappa shape index (κ1) is 21.4. The lowest BCUT2D eigenvalue weighted by atomic mass is 10.2. The zero-order chi connectivity index (χ0) is 21.0. The molecule has 0 saturated heterocycles. The van der Waals surface area contributed by atoms with E-state index in [1.165, 1.54) is 23.6 Å². The van der Waals surface area contributed by atoms with Gasteiger partial charge in [0, 0.05) is 22.4 Å². The summed E-state index contributed by atoms with van der Waals surface area (Å²) in [7, 11) is -0.462. The van der Waals surface area contributed by atoms with Crippen LogP contribution in [0.2, 0.25) is 0 Å². The summed E-state index contributed by atoms with van der Waals surface area (Å²) in [6.45, 7) is 4.48. The smallest absolute Gasteiger partial charge is 0.433 e. The van der Waals surface area contributed by atoms with E-state index in [-0.39, 0.29) is 5.25 Å². The Morgan fingerprint density at radius 2 is 1.90 bits per heavy atom. The Labute approximate surface area is 173 Å². The maximum atomic E-state index is 12.7. The molecule has 2 heterocycles. The fraction of sp³-hybridized carbons (Fsp3) is 0.300. The lowest BCUT2D eigenvalue weighted by Crippen LogP contribution is -2.09.